The second-order valence-electron chi connectivity index (χ2n) is 11.6. The highest BCUT2D eigenvalue weighted by atomic mass is 16.6. The number of ether oxygens (including phenoxy) is 3. The molecule has 0 saturated carbocycles. The van der Waals surface area contributed by atoms with Crippen LogP contribution in [0.3, 0.4) is 0 Å². The first-order valence-corrected chi connectivity index (χ1v) is 13.8. The summed E-state index contributed by atoms with van der Waals surface area (Å²) < 4.78 is 17.2. The maximum Gasteiger partial charge on any atom is 0.410 e. The fourth-order valence-corrected chi connectivity index (χ4v) is 5.75. The fourth-order valence-electron chi connectivity index (χ4n) is 5.75. The number of fused-ring (bicyclic) bond motifs is 2. The molecule has 5 heterocycles. The molecule has 0 spiro atoms. The third kappa shape index (κ3) is 5.24. The van der Waals surface area contributed by atoms with Crippen LogP contribution in [-0.2, 0) is 16.1 Å². The standard InChI is InChI=1S/C28H38N6O4/c1-28(2,3)38-27(35)34-15-21(16-34)32-8-6-19(7-9-32)20-4-5-24-23(14-20)31-25-22(17-37-24)26(30-18-29-25)33-10-12-36-13-11-33/h4-5,14,18-19,21H,6-13,15-17H2,1-3H3,(H,29,30,31). The van der Waals surface area contributed by atoms with Crippen molar-refractivity contribution in [2.24, 2.45) is 0 Å². The lowest BCUT2D eigenvalue weighted by Gasteiger charge is -2.47. The van der Waals surface area contributed by atoms with Gasteiger partial charge in [0.1, 0.15) is 35.9 Å². The number of anilines is 3. The van der Waals surface area contributed by atoms with Gasteiger partial charge in [-0.1, -0.05) is 6.07 Å². The van der Waals surface area contributed by atoms with Gasteiger partial charge in [0.2, 0.25) is 0 Å². The number of piperidine rings is 1. The van der Waals surface area contributed by atoms with Gasteiger partial charge in [-0.2, -0.15) is 0 Å². The predicted molar refractivity (Wildman–Crippen MR) is 144 cm³/mol. The summed E-state index contributed by atoms with van der Waals surface area (Å²) in [4.78, 5) is 28.0. The van der Waals surface area contributed by atoms with E-state index in [0.717, 1.165) is 80.7 Å². The lowest BCUT2D eigenvalue weighted by atomic mass is 9.88. The average molecular weight is 523 g/mol. The summed E-state index contributed by atoms with van der Waals surface area (Å²) in [5.74, 6) is 3.07. The van der Waals surface area contributed by atoms with E-state index in [0.29, 0.717) is 31.8 Å². The lowest BCUT2D eigenvalue weighted by molar-refractivity contribution is -0.0196. The molecular weight excluding hydrogens is 484 g/mol. The lowest BCUT2D eigenvalue weighted by Crippen LogP contribution is -2.62. The molecule has 1 N–H and O–H groups in total. The van der Waals surface area contributed by atoms with E-state index in [1.165, 1.54) is 5.56 Å². The van der Waals surface area contributed by atoms with Crippen LogP contribution >= 0.6 is 0 Å². The minimum Gasteiger partial charge on any atom is -0.486 e. The van der Waals surface area contributed by atoms with Crippen LogP contribution in [0.4, 0.5) is 22.1 Å². The molecule has 0 bridgehead atoms. The summed E-state index contributed by atoms with van der Waals surface area (Å²) in [6.45, 7) is 12.8. The number of benzene rings is 1. The van der Waals surface area contributed by atoms with Gasteiger partial charge >= 0.3 is 6.09 Å². The van der Waals surface area contributed by atoms with Crippen molar-refractivity contribution in [2.45, 2.75) is 57.8 Å². The van der Waals surface area contributed by atoms with E-state index < -0.39 is 5.60 Å². The van der Waals surface area contributed by atoms with Crippen molar-refractivity contribution in [3.8, 4) is 5.75 Å². The Morgan fingerprint density at radius 3 is 2.58 bits per heavy atom. The molecule has 3 fully saturated rings. The monoisotopic (exact) mass is 522 g/mol. The molecule has 1 amide bonds. The Hall–Kier alpha value is -3.11. The predicted octanol–water partition coefficient (Wildman–Crippen LogP) is 3.75. The van der Waals surface area contributed by atoms with Gasteiger partial charge in [-0.05, 0) is 70.3 Å². The number of amides is 1. The number of rotatable bonds is 3. The summed E-state index contributed by atoms with van der Waals surface area (Å²) in [5.41, 5.74) is 2.83. The van der Waals surface area contributed by atoms with Crippen molar-refractivity contribution in [3.05, 3.63) is 35.7 Å². The molecule has 0 unspecified atom stereocenters. The van der Waals surface area contributed by atoms with Crippen molar-refractivity contribution in [1.29, 1.82) is 0 Å². The Labute approximate surface area is 224 Å². The summed E-state index contributed by atoms with van der Waals surface area (Å²) in [6.07, 6.45) is 3.63. The molecule has 0 atom stereocenters. The number of morpholine rings is 1. The van der Waals surface area contributed by atoms with E-state index in [1.807, 2.05) is 25.7 Å². The first kappa shape index (κ1) is 25.2. The zero-order chi connectivity index (χ0) is 26.3. The Morgan fingerprint density at radius 2 is 1.84 bits per heavy atom. The van der Waals surface area contributed by atoms with Crippen LogP contribution in [0.2, 0.25) is 0 Å². The second kappa shape index (κ2) is 10.2. The molecular formula is C28H38N6O4. The van der Waals surface area contributed by atoms with Gasteiger partial charge < -0.3 is 29.3 Å². The molecule has 2 aromatic rings. The average Bonchev–Trinajstić information content (AvgIpc) is 3.06. The quantitative estimate of drug-likeness (QED) is 0.647. The number of carbonyl (C=O) groups is 1. The zero-order valence-corrected chi connectivity index (χ0v) is 22.6. The van der Waals surface area contributed by atoms with Gasteiger partial charge in [0, 0.05) is 32.2 Å². The number of aromatic nitrogens is 2. The van der Waals surface area contributed by atoms with Gasteiger partial charge in [0.05, 0.1) is 24.5 Å². The Balaban J connectivity index is 1.08. The molecule has 204 valence electrons. The topological polar surface area (TPSA) is 92.3 Å². The third-order valence-electron chi connectivity index (χ3n) is 7.89. The Morgan fingerprint density at radius 1 is 1.08 bits per heavy atom. The summed E-state index contributed by atoms with van der Waals surface area (Å²) >= 11 is 0. The Bertz CT molecular complexity index is 1160. The number of hydrogen-bond acceptors (Lipinski definition) is 9. The first-order chi connectivity index (χ1) is 18.3. The molecule has 4 aliphatic rings. The number of hydrogen-bond donors (Lipinski definition) is 1. The Kier molecular flexibility index (Phi) is 6.77. The van der Waals surface area contributed by atoms with Crippen LogP contribution in [0.25, 0.3) is 0 Å². The van der Waals surface area contributed by atoms with E-state index in [1.54, 1.807) is 6.33 Å². The largest absolute Gasteiger partial charge is 0.486 e. The molecule has 6 rings (SSSR count). The highest BCUT2D eigenvalue weighted by molar-refractivity contribution is 5.72. The van der Waals surface area contributed by atoms with Crippen molar-refractivity contribution in [3.63, 3.8) is 0 Å². The van der Waals surface area contributed by atoms with Crippen molar-refractivity contribution < 1.29 is 19.0 Å². The van der Waals surface area contributed by atoms with Crippen LogP contribution in [0.1, 0.15) is 50.7 Å². The summed E-state index contributed by atoms with van der Waals surface area (Å²) in [6, 6.07) is 6.96. The maximum atomic E-state index is 12.3. The highest BCUT2D eigenvalue weighted by Gasteiger charge is 2.38. The van der Waals surface area contributed by atoms with E-state index in [9.17, 15) is 4.79 Å². The van der Waals surface area contributed by atoms with E-state index in [-0.39, 0.29) is 6.09 Å². The molecule has 1 aromatic carbocycles. The second-order valence-corrected chi connectivity index (χ2v) is 11.6. The van der Waals surface area contributed by atoms with Crippen LogP contribution < -0.4 is 15.0 Å². The van der Waals surface area contributed by atoms with Crippen molar-refractivity contribution >= 4 is 23.4 Å². The summed E-state index contributed by atoms with van der Waals surface area (Å²) in [7, 11) is 0. The van der Waals surface area contributed by atoms with E-state index in [2.05, 4.69) is 43.3 Å². The van der Waals surface area contributed by atoms with E-state index in [4.69, 9.17) is 14.2 Å². The maximum absolute atomic E-state index is 12.3. The van der Waals surface area contributed by atoms with Gasteiger partial charge in [-0.25, -0.2) is 14.8 Å². The SMILES string of the molecule is CC(C)(C)OC(=O)N1CC(N2CCC(c3ccc4c(c3)Nc3ncnc(N5CCOCC5)c3CO4)CC2)C1. The fraction of sp³-hybridized carbons (Fsp3) is 0.607. The number of nitrogens with one attached hydrogen (secondary N) is 1. The van der Waals surface area contributed by atoms with Gasteiger partial charge in [0.15, 0.2) is 0 Å². The molecule has 10 heteroatoms. The number of nitrogens with zero attached hydrogens (tertiary/aromatic N) is 5. The van der Waals surface area contributed by atoms with Crippen LogP contribution in [0.5, 0.6) is 5.75 Å². The molecule has 4 aliphatic heterocycles. The minimum atomic E-state index is -0.450. The van der Waals surface area contributed by atoms with Crippen LogP contribution in [0, 0.1) is 0 Å². The molecule has 38 heavy (non-hydrogen) atoms. The van der Waals surface area contributed by atoms with Crippen molar-refractivity contribution in [1.82, 2.24) is 19.8 Å². The third-order valence-corrected chi connectivity index (χ3v) is 7.89. The first-order valence-electron chi connectivity index (χ1n) is 13.8. The zero-order valence-electron chi connectivity index (χ0n) is 22.6. The van der Waals surface area contributed by atoms with Crippen LogP contribution in [-0.4, -0.2) is 90.0 Å². The minimum absolute atomic E-state index is 0.202. The summed E-state index contributed by atoms with van der Waals surface area (Å²) in [5, 5.41) is 3.54. The van der Waals surface area contributed by atoms with Gasteiger partial charge in [-0.3, -0.25) is 4.90 Å². The smallest absolute Gasteiger partial charge is 0.410 e. The van der Waals surface area contributed by atoms with Gasteiger partial charge in [0.25, 0.3) is 0 Å². The molecule has 10 nitrogen and oxygen atoms in total. The highest BCUT2D eigenvalue weighted by Crippen LogP contribution is 2.39. The molecule has 3 saturated heterocycles. The molecule has 0 aliphatic carbocycles. The van der Waals surface area contributed by atoms with Crippen LogP contribution in [0.15, 0.2) is 24.5 Å². The van der Waals surface area contributed by atoms with Gasteiger partial charge in [-0.15, -0.1) is 0 Å². The normalized spacial score (nSPS) is 20.9. The van der Waals surface area contributed by atoms with E-state index >= 15 is 0 Å². The molecule has 1 aromatic heterocycles. The number of carbonyl (C=O) groups excluding carboxylic acids is 1. The molecule has 0 radical (unpaired) electrons. The number of likely N-dealkylation sites (tertiary alicyclic amines) is 2. The van der Waals surface area contributed by atoms with Crippen molar-refractivity contribution in [2.75, 3.05) is 62.7 Å².